The lowest BCUT2D eigenvalue weighted by Crippen LogP contribution is -2.40. The molecule has 0 aliphatic carbocycles. The van der Waals surface area contributed by atoms with Crippen molar-refractivity contribution in [1.82, 2.24) is 9.80 Å². The van der Waals surface area contributed by atoms with Crippen molar-refractivity contribution in [3.05, 3.63) is 64.2 Å². The van der Waals surface area contributed by atoms with Crippen LogP contribution >= 0.6 is 23.8 Å². The zero-order valence-electron chi connectivity index (χ0n) is 17.3. The number of nitrogens with one attached hydrogen (secondary N) is 1. The second-order valence-corrected chi connectivity index (χ2v) is 8.43. The van der Waals surface area contributed by atoms with Gasteiger partial charge in [-0.1, -0.05) is 47.5 Å². The Morgan fingerprint density at radius 1 is 1.14 bits per heavy atom. The highest BCUT2D eigenvalue weighted by atomic mass is 35.5. The van der Waals surface area contributed by atoms with Gasteiger partial charge in [-0.25, -0.2) is 0 Å². The number of nitrogens with zero attached hydrogens (tertiary/aromatic N) is 2. The molecule has 0 unspecified atom stereocenters. The molecular formula is C23H30ClN3OS. The van der Waals surface area contributed by atoms with Crippen LogP contribution in [0.1, 0.15) is 23.1 Å². The first-order chi connectivity index (χ1) is 14.0. The van der Waals surface area contributed by atoms with Crippen molar-refractivity contribution in [3.8, 4) is 0 Å². The molecule has 4 nitrogen and oxygen atoms in total. The van der Waals surface area contributed by atoms with E-state index in [4.69, 9.17) is 28.6 Å². The number of anilines is 1. The first-order valence-electron chi connectivity index (χ1n) is 10.2. The topological polar surface area (TPSA) is 27.7 Å². The third-order valence-electron chi connectivity index (χ3n) is 5.12. The summed E-state index contributed by atoms with van der Waals surface area (Å²) in [4.78, 5) is 4.70. The quantitative estimate of drug-likeness (QED) is 0.631. The molecule has 1 aliphatic rings. The summed E-state index contributed by atoms with van der Waals surface area (Å²) in [6.45, 7) is 10.6. The molecular weight excluding hydrogens is 402 g/mol. The third kappa shape index (κ3) is 6.96. The molecule has 1 fully saturated rings. The van der Waals surface area contributed by atoms with E-state index in [1.54, 1.807) is 0 Å². The average molecular weight is 432 g/mol. The number of aryl methyl sites for hydroxylation is 2. The van der Waals surface area contributed by atoms with Crippen molar-refractivity contribution >= 4 is 34.6 Å². The number of benzene rings is 2. The minimum atomic E-state index is 0.691. The monoisotopic (exact) mass is 431 g/mol. The SMILES string of the molecule is Cc1cccc(CN(CCCN2CCOCC2)C(=S)Nc2ccc(C)cc2Cl)c1. The second kappa shape index (κ2) is 10.9. The van der Waals surface area contributed by atoms with Crippen LogP contribution in [0.4, 0.5) is 5.69 Å². The van der Waals surface area contributed by atoms with Gasteiger partial charge in [0.25, 0.3) is 0 Å². The number of hydrogen-bond acceptors (Lipinski definition) is 3. The summed E-state index contributed by atoms with van der Waals surface area (Å²) in [7, 11) is 0. The van der Waals surface area contributed by atoms with Crippen LogP contribution < -0.4 is 5.32 Å². The molecule has 29 heavy (non-hydrogen) atoms. The van der Waals surface area contributed by atoms with Gasteiger partial charge in [-0.2, -0.15) is 0 Å². The van der Waals surface area contributed by atoms with Gasteiger partial charge in [0.1, 0.15) is 0 Å². The molecule has 1 saturated heterocycles. The molecule has 2 aromatic rings. The molecule has 0 aromatic heterocycles. The number of ether oxygens (including phenoxy) is 1. The Balaban J connectivity index is 1.65. The van der Waals surface area contributed by atoms with Crippen LogP contribution in [0, 0.1) is 13.8 Å². The van der Waals surface area contributed by atoms with Gasteiger partial charge in [-0.05, 0) is 55.7 Å². The fourth-order valence-corrected chi connectivity index (χ4v) is 4.06. The number of thiocarbonyl (C=S) groups is 1. The summed E-state index contributed by atoms with van der Waals surface area (Å²) < 4.78 is 5.45. The molecule has 0 spiro atoms. The highest BCUT2D eigenvalue weighted by Crippen LogP contribution is 2.23. The van der Waals surface area contributed by atoms with Crippen LogP contribution in [0.2, 0.25) is 5.02 Å². The van der Waals surface area contributed by atoms with Gasteiger partial charge < -0.3 is 15.0 Å². The van der Waals surface area contributed by atoms with E-state index < -0.39 is 0 Å². The molecule has 1 aliphatic heterocycles. The van der Waals surface area contributed by atoms with Crippen LogP contribution in [0.5, 0.6) is 0 Å². The van der Waals surface area contributed by atoms with Gasteiger partial charge in [0.05, 0.1) is 23.9 Å². The van der Waals surface area contributed by atoms with Crippen molar-refractivity contribution in [1.29, 1.82) is 0 Å². The second-order valence-electron chi connectivity index (χ2n) is 7.63. The van der Waals surface area contributed by atoms with Crippen molar-refractivity contribution < 1.29 is 4.74 Å². The average Bonchev–Trinajstić information content (AvgIpc) is 2.70. The summed E-state index contributed by atoms with van der Waals surface area (Å²) in [5, 5.41) is 4.75. The van der Waals surface area contributed by atoms with E-state index in [1.165, 1.54) is 11.1 Å². The lowest BCUT2D eigenvalue weighted by molar-refractivity contribution is 0.0368. The molecule has 1 heterocycles. The van der Waals surface area contributed by atoms with Crippen molar-refractivity contribution in [2.45, 2.75) is 26.8 Å². The number of rotatable bonds is 7. The molecule has 0 atom stereocenters. The van der Waals surface area contributed by atoms with Gasteiger partial charge >= 0.3 is 0 Å². The minimum Gasteiger partial charge on any atom is -0.379 e. The van der Waals surface area contributed by atoms with E-state index in [0.717, 1.165) is 63.6 Å². The van der Waals surface area contributed by atoms with Crippen LogP contribution in [0.15, 0.2) is 42.5 Å². The van der Waals surface area contributed by atoms with E-state index in [-0.39, 0.29) is 0 Å². The predicted octanol–water partition coefficient (Wildman–Crippen LogP) is 4.88. The fraction of sp³-hybridized carbons (Fsp3) is 0.435. The smallest absolute Gasteiger partial charge is 0.173 e. The highest BCUT2D eigenvalue weighted by molar-refractivity contribution is 7.80. The Morgan fingerprint density at radius 2 is 1.90 bits per heavy atom. The largest absolute Gasteiger partial charge is 0.379 e. The molecule has 0 amide bonds. The number of hydrogen-bond donors (Lipinski definition) is 1. The Hall–Kier alpha value is -1.66. The lowest BCUT2D eigenvalue weighted by atomic mass is 10.1. The molecule has 156 valence electrons. The van der Waals surface area contributed by atoms with Gasteiger partial charge in [-0.3, -0.25) is 4.90 Å². The first kappa shape index (κ1) is 22.0. The summed E-state index contributed by atoms with van der Waals surface area (Å²) in [6, 6.07) is 14.6. The fourth-order valence-electron chi connectivity index (χ4n) is 3.51. The number of morpholine rings is 1. The van der Waals surface area contributed by atoms with Crippen LogP contribution in [0.3, 0.4) is 0 Å². The Kier molecular flexibility index (Phi) is 8.30. The third-order valence-corrected chi connectivity index (χ3v) is 5.79. The minimum absolute atomic E-state index is 0.691. The zero-order chi connectivity index (χ0) is 20.6. The van der Waals surface area contributed by atoms with Crippen molar-refractivity contribution in [3.63, 3.8) is 0 Å². The standard InChI is InChI=1S/C23H30ClN3OS/c1-18-5-3-6-20(15-18)17-27(10-4-9-26-11-13-28-14-12-26)23(29)25-22-8-7-19(2)16-21(22)24/h3,5-8,15-16H,4,9-14,17H2,1-2H3,(H,25,29). The first-order valence-corrected chi connectivity index (χ1v) is 11.0. The molecule has 2 aromatic carbocycles. The summed E-state index contributed by atoms with van der Waals surface area (Å²) in [6.07, 6.45) is 1.05. The van der Waals surface area contributed by atoms with Crippen LogP contribution in [-0.4, -0.2) is 54.3 Å². The summed E-state index contributed by atoms with van der Waals surface area (Å²) in [5.41, 5.74) is 4.50. The van der Waals surface area contributed by atoms with E-state index in [2.05, 4.69) is 46.3 Å². The van der Waals surface area contributed by atoms with Crippen molar-refractivity contribution in [2.75, 3.05) is 44.7 Å². The maximum Gasteiger partial charge on any atom is 0.173 e. The zero-order valence-corrected chi connectivity index (χ0v) is 18.9. The van der Waals surface area contributed by atoms with Gasteiger partial charge in [0.15, 0.2) is 5.11 Å². The van der Waals surface area contributed by atoms with Gasteiger partial charge in [0, 0.05) is 32.7 Å². The molecule has 0 radical (unpaired) electrons. The van der Waals surface area contributed by atoms with E-state index >= 15 is 0 Å². The molecule has 6 heteroatoms. The van der Waals surface area contributed by atoms with Crippen LogP contribution in [0.25, 0.3) is 0 Å². The molecule has 0 bridgehead atoms. The molecule has 0 saturated carbocycles. The van der Waals surface area contributed by atoms with Crippen molar-refractivity contribution in [2.24, 2.45) is 0 Å². The lowest BCUT2D eigenvalue weighted by Gasteiger charge is -2.30. The van der Waals surface area contributed by atoms with E-state index in [9.17, 15) is 0 Å². The Labute approximate surface area is 184 Å². The normalized spacial score (nSPS) is 14.6. The van der Waals surface area contributed by atoms with Gasteiger partial charge in [0.2, 0.25) is 0 Å². The maximum absolute atomic E-state index is 6.41. The number of halogens is 1. The predicted molar refractivity (Wildman–Crippen MR) is 126 cm³/mol. The maximum atomic E-state index is 6.41. The molecule has 1 N–H and O–H groups in total. The summed E-state index contributed by atoms with van der Waals surface area (Å²) in [5.74, 6) is 0. The van der Waals surface area contributed by atoms with Crippen LogP contribution in [-0.2, 0) is 11.3 Å². The highest BCUT2D eigenvalue weighted by Gasteiger charge is 2.15. The Bertz CT molecular complexity index is 824. The van der Waals surface area contributed by atoms with Gasteiger partial charge in [-0.15, -0.1) is 0 Å². The van der Waals surface area contributed by atoms with E-state index in [0.29, 0.717) is 10.1 Å². The summed E-state index contributed by atoms with van der Waals surface area (Å²) >= 11 is 12.2. The van der Waals surface area contributed by atoms with E-state index in [1.807, 2.05) is 25.1 Å². The molecule has 3 rings (SSSR count). The Morgan fingerprint density at radius 3 is 2.62 bits per heavy atom.